The number of nitrogens with zero attached hydrogens (tertiary/aromatic N) is 1. The van der Waals surface area contributed by atoms with E-state index in [1.165, 1.54) is 11.3 Å². The van der Waals surface area contributed by atoms with Gasteiger partial charge >= 0.3 is 7.12 Å². The van der Waals surface area contributed by atoms with Crippen LogP contribution in [0, 0.1) is 0 Å². The van der Waals surface area contributed by atoms with Gasteiger partial charge < -0.3 is 14.4 Å². The molecule has 1 fully saturated rings. The predicted molar refractivity (Wildman–Crippen MR) is 85.9 cm³/mol. The molecule has 4 nitrogen and oxygen atoms in total. The number of thiazole rings is 1. The van der Waals surface area contributed by atoms with Crippen molar-refractivity contribution in [2.75, 3.05) is 5.75 Å². The Hall–Kier alpha value is -0.335. The fourth-order valence-electron chi connectivity index (χ4n) is 1.80. The first-order valence-electron chi connectivity index (χ1n) is 6.51. The predicted octanol–water partition coefficient (Wildman–Crippen LogP) is 2.58. The number of aliphatic hydroxyl groups is 1. The van der Waals surface area contributed by atoms with Gasteiger partial charge in [-0.1, -0.05) is 0 Å². The Labute approximate surface area is 129 Å². The van der Waals surface area contributed by atoms with Crippen molar-refractivity contribution in [1.29, 1.82) is 0 Å². The molecule has 0 saturated carbocycles. The van der Waals surface area contributed by atoms with Crippen molar-refractivity contribution in [2.45, 2.75) is 45.5 Å². The molecule has 0 bridgehead atoms. The molecule has 1 aliphatic rings. The second-order valence-electron chi connectivity index (χ2n) is 5.80. The maximum atomic E-state index is 9.05. The number of hydrogen-bond acceptors (Lipinski definition) is 6. The van der Waals surface area contributed by atoms with Crippen molar-refractivity contribution in [3.8, 4) is 0 Å². The van der Waals surface area contributed by atoms with Crippen LogP contribution in [0.3, 0.4) is 0 Å². The molecular weight excluding hydrogens is 293 g/mol. The quantitative estimate of drug-likeness (QED) is 0.663. The molecule has 1 aromatic heterocycles. The van der Waals surface area contributed by atoms with Gasteiger partial charge in [0.1, 0.15) is 5.01 Å². The third kappa shape index (κ3) is 3.12. The highest BCUT2D eigenvalue weighted by Crippen LogP contribution is 2.39. The Kier molecular flexibility index (Phi) is 4.66. The topological polar surface area (TPSA) is 51.6 Å². The molecule has 0 unspecified atom stereocenters. The SMILES string of the molecule is CC1(C)OB(C(=Cc2nc(CO)cs2)CS)OC1(C)C. The molecule has 2 rings (SSSR count). The van der Waals surface area contributed by atoms with Gasteiger partial charge in [-0.25, -0.2) is 4.98 Å². The molecule has 20 heavy (non-hydrogen) atoms. The lowest BCUT2D eigenvalue weighted by Gasteiger charge is -2.32. The molecule has 110 valence electrons. The summed E-state index contributed by atoms with van der Waals surface area (Å²) in [6.45, 7) is 8.05. The third-order valence-corrected chi connectivity index (χ3v) is 4.98. The second-order valence-corrected chi connectivity index (χ2v) is 7.01. The minimum Gasteiger partial charge on any atom is -0.400 e. The third-order valence-electron chi connectivity index (χ3n) is 3.78. The summed E-state index contributed by atoms with van der Waals surface area (Å²) in [6.07, 6.45) is 1.93. The standard InChI is InChI=1S/C13H20BNO3S2/c1-12(2)13(3,4)18-14(17-12)9(7-19)5-11-15-10(6-16)8-20-11/h5,8,16,19H,6-7H2,1-4H3. The van der Waals surface area contributed by atoms with Crippen molar-refractivity contribution < 1.29 is 14.4 Å². The van der Waals surface area contributed by atoms with E-state index in [1.54, 1.807) is 0 Å². The fraction of sp³-hybridized carbons (Fsp3) is 0.615. The van der Waals surface area contributed by atoms with E-state index in [0.717, 1.165) is 10.5 Å². The lowest BCUT2D eigenvalue weighted by Crippen LogP contribution is -2.41. The summed E-state index contributed by atoms with van der Waals surface area (Å²) in [5, 5.41) is 11.7. The van der Waals surface area contributed by atoms with Crippen LogP contribution < -0.4 is 0 Å². The molecule has 1 saturated heterocycles. The zero-order chi connectivity index (χ0) is 15.0. The molecule has 0 atom stereocenters. The van der Waals surface area contributed by atoms with Crippen LogP contribution in [0.1, 0.15) is 38.4 Å². The van der Waals surface area contributed by atoms with Crippen LogP contribution in [0.4, 0.5) is 0 Å². The van der Waals surface area contributed by atoms with Gasteiger partial charge in [-0.15, -0.1) is 11.3 Å². The van der Waals surface area contributed by atoms with Crippen molar-refractivity contribution >= 4 is 37.2 Å². The van der Waals surface area contributed by atoms with E-state index in [9.17, 15) is 0 Å². The summed E-state index contributed by atoms with van der Waals surface area (Å²) in [5.74, 6) is 0.533. The van der Waals surface area contributed by atoms with Gasteiger partial charge in [0.05, 0.1) is 23.5 Å². The van der Waals surface area contributed by atoms with Crippen molar-refractivity contribution in [3.05, 3.63) is 21.6 Å². The first-order valence-corrected chi connectivity index (χ1v) is 8.02. The maximum Gasteiger partial charge on any atom is 0.491 e. The molecule has 7 heteroatoms. The highest BCUT2D eigenvalue weighted by atomic mass is 32.1. The monoisotopic (exact) mass is 313 g/mol. The molecule has 2 heterocycles. The lowest BCUT2D eigenvalue weighted by atomic mass is 9.79. The summed E-state index contributed by atoms with van der Waals surface area (Å²) in [4.78, 5) is 4.31. The van der Waals surface area contributed by atoms with Crippen LogP contribution in [0.5, 0.6) is 0 Å². The molecule has 0 aliphatic carbocycles. The maximum absolute atomic E-state index is 9.05. The van der Waals surface area contributed by atoms with E-state index in [2.05, 4.69) is 17.6 Å². The summed E-state index contributed by atoms with van der Waals surface area (Å²) >= 11 is 5.85. The number of aromatic nitrogens is 1. The molecule has 1 aliphatic heterocycles. The second kappa shape index (κ2) is 5.81. The Morgan fingerprint density at radius 1 is 1.40 bits per heavy atom. The van der Waals surface area contributed by atoms with Crippen LogP contribution in [0.25, 0.3) is 6.08 Å². The summed E-state index contributed by atoms with van der Waals surface area (Å²) in [5.41, 5.74) is 0.886. The molecule has 1 aromatic rings. The average Bonchev–Trinajstić information content (AvgIpc) is 2.89. The minimum atomic E-state index is -0.404. The number of thiol groups is 1. The Balaban J connectivity index is 2.21. The zero-order valence-corrected chi connectivity index (χ0v) is 13.9. The summed E-state index contributed by atoms with van der Waals surface area (Å²) in [6, 6.07) is 0. The van der Waals surface area contributed by atoms with E-state index < -0.39 is 7.12 Å². The van der Waals surface area contributed by atoms with Crippen LogP contribution >= 0.6 is 24.0 Å². The van der Waals surface area contributed by atoms with Crippen LogP contribution in [0.15, 0.2) is 10.9 Å². The van der Waals surface area contributed by atoms with Gasteiger partial charge in [0.15, 0.2) is 0 Å². The minimum absolute atomic E-state index is 0.0446. The highest BCUT2D eigenvalue weighted by Gasteiger charge is 2.52. The number of aliphatic hydroxyl groups excluding tert-OH is 1. The molecule has 0 spiro atoms. The largest absolute Gasteiger partial charge is 0.491 e. The van der Waals surface area contributed by atoms with Gasteiger partial charge in [-0.2, -0.15) is 12.6 Å². The van der Waals surface area contributed by atoms with Crippen LogP contribution in [-0.4, -0.2) is 34.2 Å². The highest BCUT2D eigenvalue weighted by molar-refractivity contribution is 7.80. The Morgan fingerprint density at radius 3 is 2.45 bits per heavy atom. The number of hydrogen-bond donors (Lipinski definition) is 2. The van der Waals surface area contributed by atoms with Gasteiger partial charge in [-0.3, -0.25) is 0 Å². The number of rotatable bonds is 4. The molecule has 0 aromatic carbocycles. The van der Waals surface area contributed by atoms with E-state index in [0.29, 0.717) is 11.4 Å². The summed E-state index contributed by atoms with van der Waals surface area (Å²) in [7, 11) is -0.404. The van der Waals surface area contributed by atoms with Gasteiger partial charge in [0, 0.05) is 11.1 Å². The zero-order valence-electron chi connectivity index (χ0n) is 12.2. The first-order chi connectivity index (χ1) is 9.29. The molecule has 0 radical (unpaired) electrons. The normalized spacial score (nSPS) is 21.5. The van der Waals surface area contributed by atoms with E-state index in [4.69, 9.17) is 14.4 Å². The smallest absolute Gasteiger partial charge is 0.400 e. The van der Waals surface area contributed by atoms with Gasteiger partial charge in [-0.05, 0) is 39.2 Å². The van der Waals surface area contributed by atoms with Crippen LogP contribution in [-0.2, 0) is 15.9 Å². The van der Waals surface area contributed by atoms with Crippen molar-refractivity contribution in [1.82, 2.24) is 4.98 Å². The fourth-order valence-corrected chi connectivity index (χ4v) is 2.82. The van der Waals surface area contributed by atoms with E-state index in [-0.39, 0.29) is 17.8 Å². The molecule has 0 amide bonds. The van der Waals surface area contributed by atoms with E-state index >= 15 is 0 Å². The van der Waals surface area contributed by atoms with E-state index in [1.807, 2.05) is 39.2 Å². The Bertz CT molecular complexity index is 497. The Morgan fingerprint density at radius 2 is 2.00 bits per heavy atom. The average molecular weight is 313 g/mol. The molecular formula is C13H20BNO3S2. The van der Waals surface area contributed by atoms with Gasteiger partial charge in [0.25, 0.3) is 0 Å². The van der Waals surface area contributed by atoms with Gasteiger partial charge in [0.2, 0.25) is 0 Å². The van der Waals surface area contributed by atoms with Crippen molar-refractivity contribution in [3.63, 3.8) is 0 Å². The van der Waals surface area contributed by atoms with Crippen molar-refractivity contribution in [2.24, 2.45) is 0 Å². The molecule has 1 N–H and O–H groups in total. The van der Waals surface area contributed by atoms with Crippen LogP contribution in [0.2, 0.25) is 0 Å². The summed E-state index contributed by atoms with van der Waals surface area (Å²) < 4.78 is 12.0. The lowest BCUT2D eigenvalue weighted by molar-refractivity contribution is 0.00578. The first kappa shape index (κ1) is 16.0.